The van der Waals surface area contributed by atoms with Crippen LogP contribution in [0.1, 0.15) is 0 Å². The topological polar surface area (TPSA) is 61.1 Å². The Hall–Kier alpha value is -3.12. The minimum atomic E-state index is -3.73. The Morgan fingerprint density at radius 1 is 0.680 bits per heavy atom. The lowest BCUT2D eigenvalue weighted by Crippen LogP contribution is -2.18. The highest BCUT2D eigenvalue weighted by Crippen LogP contribution is 2.22. The van der Waals surface area contributed by atoms with Crippen LogP contribution in [0.15, 0.2) is 94.7 Å². The van der Waals surface area contributed by atoms with Crippen molar-refractivity contribution in [2.24, 2.45) is 0 Å². The largest absolute Gasteiger partial charge is 0.275 e. The molecule has 0 atom stereocenters. The van der Waals surface area contributed by atoms with Crippen LogP contribution in [0, 0.1) is 0 Å². The lowest BCUT2D eigenvalue weighted by molar-refractivity contribution is 0.589. The van der Waals surface area contributed by atoms with Crippen molar-refractivity contribution < 1.29 is 8.42 Å². The van der Waals surface area contributed by atoms with Gasteiger partial charge in [-0.3, -0.25) is 9.36 Å². The van der Waals surface area contributed by atoms with Gasteiger partial charge in [0, 0.05) is 18.0 Å². The molecule has 6 heteroatoms. The van der Waals surface area contributed by atoms with Gasteiger partial charge in [-0.15, -0.1) is 0 Å². The Kier molecular flexibility index (Phi) is 3.54. The van der Waals surface area contributed by atoms with Crippen molar-refractivity contribution in [3.8, 4) is 5.69 Å². The minimum Gasteiger partial charge on any atom is -0.275 e. The van der Waals surface area contributed by atoms with Gasteiger partial charge in [0.1, 0.15) is 0 Å². The second-order valence-corrected chi connectivity index (χ2v) is 7.36. The van der Waals surface area contributed by atoms with Crippen LogP contribution < -0.4 is 5.56 Å². The van der Waals surface area contributed by atoms with Crippen LogP contribution in [0.5, 0.6) is 0 Å². The first-order valence-electron chi connectivity index (χ1n) is 7.68. The number of hydrogen-bond donors (Lipinski definition) is 0. The number of pyridine rings is 1. The van der Waals surface area contributed by atoms with Crippen LogP contribution in [0.25, 0.3) is 16.7 Å². The fraction of sp³-hybridized carbons (Fsp3) is 0. The van der Waals surface area contributed by atoms with E-state index < -0.39 is 10.0 Å². The minimum absolute atomic E-state index is 0.199. The van der Waals surface area contributed by atoms with Crippen molar-refractivity contribution in [2.45, 2.75) is 4.90 Å². The van der Waals surface area contributed by atoms with Gasteiger partial charge in [-0.25, -0.2) is 12.4 Å². The zero-order valence-electron chi connectivity index (χ0n) is 13.1. The molecule has 2 heterocycles. The summed E-state index contributed by atoms with van der Waals surface area (Å²) in [7, 11) is -3.73. The quantitative estimate of drug-likeness (QED) is 0.571. The highest BCUT2D eigenvalue weighted by Gasteiger charge is 2.20. The molecule has 0 spiro atoms. The van der Waals surface area contributed by atoms with Gasteiger partial charge in [0.2, 0.25) is 0 Å². The SMILES string of the molecule is O=c1ccc2c(ccn2S(=O)(=O)c2ccccc2)n1-c1ccccc1. The second-order valence-electron chi connectivity index (χ2n) is 5.54. The first-order valence-corrected chi connectivity index (χ1v) is 9.12. The molecule has 5 nitrogen and oxygen atoms in total. The molecule has 0 aliphatic carbocycles. The molecule has 0 saturated carbocycles. The summed E-state index contributed by atoms with van der Waals surface area (Å²) in [6.07, 6.45) is 1.48. The predicted octanol–water partition coefficient (Wildman–Crippen LogP) is 3.03. The van der Waals surface area contributed by atoms with Crippen LogP contribution >= 0.6 is 0 Å². The summed E-state index contributed by atoms with van der Waals surface area (Å²) in [6, 6.07) is 21.9. The van der Waals surface area contributed by atoms with Gasteiger partial charge in [-0.1, -0.05) is 36.4 Å². The second kappa shape index (κ2) is 5.75. The summed E-state index contributed by atoms with van der Waals surface area (Å²) in [4.78, 5) is 12.6. The van der Waals surface area contributed by atoms with Crippen LogP contribution in [-0.2, 0) is 10.0 Å². The normalized spacial score (nSPS) is 11.7. The summed E-state index contributed by atoms with van der Waals surface area (Å²) >= 11 is 0. The third kappa shape index (κ3) is 2.47. The average molecular weight is 350 g/mol. The van der Waals surface area contributed by atoms with E-state index in [4.69, 9.17) is 0 Å². The van der Waals surface area contributed by atoms with E-state index >= 15 is 0 Å². The van der Waals surface area contributed by atoms with Gasteiger partial charge < -0.3 is 0 Å². The summed E-state index contributed by atoms with van der Waals surface area (Å²) in [5, 5.41) is 0. The summed E-state index contributed by atoms with van der Waals surface area (Å²) in [5.41, 5.74) is 1.46. The van der Waals surface area contributed by atoms with Crippen LogP contribution in [0.2, 0.25) is 0 Å². The molecule has 0 saturated heterocycles. The molecule has 0 amide bonds. The van der Waals surface area contributed by atoms with Crippen molar-refractivity contribution in [2.75, 3.05) is 0 Å². The third-order valence-corrected chi connectivity index (χ3v) is 5.73. The average Bonchev–Trinajstić information content (AvgIpc) is 3.08. The fourth-order valence-electron chi connectivity index (χ4n) is 2.87. The molecule has 0 radical (unpaired) electrons. The monoisotopic (exact) mass is 350 g/mol. The summed E-state index contributed by atoms with van der Waals surface area (Å²) in [6.45, 7) is 0. The molecule has 0 aliphatic heterocycles. The molecule has 0 N–H and O–H groups in total. The summed E-state index contributed by atoms with van der Waals surface area (Å²) in [5.74, 6) is 0. The summed E-state index contributed by atoms with van der Waals surface area (Å²) < 4.78 is 28.5. The van der Waals surface area contributed by atoms with E-state index in [1.54, 1.807) is 36.4 Å². The first-order chi connectivity index (χ1) is 12.1. The van der Waals surface area contributed by atoms with Crippen molar-refractivity contribution >= 4 is 21.1 Å². The molecule has 0 unspecified atom stereocenters. The molecule has 2 aromatic carbocycles. The molecule has 0 bridgehead atoms. The molecule has 2 aromatic heterocycles. The Balaban J connectivity index is 2.00. The zero-order chi connectivity index (χ0) is 17.4. The van der Waals surface area contributed by atoms with E-state index in [0.29, 0.717) is 16.7 Å². The van der Waals surface area contributed by atoms with E-state index in [9.17, 15) is 13.2 Å². The van der Waals surface area contributed by atoms with Gasteiger partial charge in [0.05, 0.1) is 15.9 Å². The Bertz CT molecular complexity index is 1210. The molecular formula is C19H14N2O3S. The molecule has 124 valence electrons. The third-order valence-electron chi connectivity index (χ3n) is 4.03. The smallest absolute Gasteiger partial charge is 0.268 e. The highest BCUT2D eigenvalue weighted by atomic mass is 32.2. The molecule has 4 aromatic rings. The van der Waals surface area contributed by atoms with Crippen LogP contribution in [0.3, 0.4) is 0 Å². The van der Waals surface area contributed by atoms with Crippen LogP contribution in [-0.4, -0.2) is 17.0 Å². The van der Waals surface area contributed by atoms with Crippen molar-refractivity contribution in [3.63, 3.8) is 0 Å². The predicted molar refractivity (Wildman–Crippen MR) is 96.6 cm³/mol. The number of benzene rings is 2. The molecule has 0 fully saturated rings. The number of fused-ring (bicyclic) bond motifs is 1. The fourth-order valence-corrected chi connectivity index (χ4v) is 4.23. The Labute approximate surface area is 144 Å². The van der Waals surface area contributed by atoms with Crippen molar-refractivity contribution in [1.82, 2.24) is 8.54 Å². The lowest BCUT2D eigenvalue weighted by atomic mass is 10.3. The van der Waals surface area contributed by atoms with Crippen molar-refractivity contribution in [1.29, 1.82) is 0 Å². The Morgan fingerprint density at radius 3 is 2.00 bits per heavy atom. The van der Waals surface area contributed by atoms with E-state index in [1.165, 1.54) is 26.9 Å². The maximum absolute atomic E-state index is 12.9. The van der Waals surface area contributed by atoms with Gasteiger partial charge in [-0.05, 0) is 36.4 Å². The highest BCUT2D eigenvalue weighted by molar-refractivity contribution is 7.90. The van der Waals surface area contributed by atoms with E-state index in [2.05, 4.69) is 0 Å². The molecule has 0 aliphatic rings. The number of nitrogens with zero attached hydrogens (tertiary/aromatic N) is 2. The lowest BCUT2D eigenvalue weighted by Gasteiger charge is -2.10. The molecule has 25 heavy (non-hydrogen) atoms. The Morgan fingerprint density at radius 2 is 1.32 bits per heavy atom. The van der Waals surface area contributed by atoms with E-state index in [-0.39, 0.29) is 10.5 Å². The van der Waals surface area contributed by atoms with E-state index in [1.807, 2.05) is 30.3 Å². The number of rotatable bonds is 3. The van der Waals surface area contributed by atoms with Gasteiger partial charge >= 0.3 is 0 Å². The maximum atomic E-state index is 12.9. The maximum Gasteiger partial charge on any atom is 0.268 e. The van der Waals surface area contributed by atoms with E-state index in [0.717, 1.165) is 0 Å². The first kappa shape index (κ1) is 15.4. The standard InChI is InChI=1S/C19H14N2O3S/c22-19-12-11-17-18(21(19)15-7-3-1-4-8-15)13-14-20(17)25(23,24)16-9-5-2-6-10-16/h1-14H. The van der Waals surface area contributed by atoms with Gasteiger partial charge in [0.25, 0.3) is 15.6 Å². The zero-order valence-corrected chi connectivity index (χ0v) is 13.9. The number of hydrogen-bond acceptors (Lipinski definition) is 3. The van der Waals surface area contributed by atoms with Gasteiger partial charge in [0.15, 0.2) is 0 Å². The number of para-hydroxylation sites is 1. The number of aromatic nitrogens is 2. The molecular weight excluding hydrogens is 336 g/mol. The van der Waals surface area contributed by atoms with Gasteiger partial charge in [-0.2, -0.15) is 0 Å². The van der Waals surface area contributed by atoms with Crippen molar-refractivity contribution in [3.05, 3.63) is 95.4 Å². The van der Waals surface area contributed by atoms with Crippen LogP contribution in [0.4, 0.5) is 0 Å². The molecule has 4 rings (SSSR count).